The van der Waals surface area contributed by atoms with Crippen molar-refractivity contribution in [1.82, 2.24) is 10.6 Å². The molecule has 1 saturated heterocycles. The summed E-state index contributed by atoms with van der Waals surface area (Å²) in [7, 11) is 0. The number of hydrogen-bond acceptors (Lipinski definition) is 3. The lowest BCUT2D eigenvalue weighted by atomic mass is 10.4. The maximum Gasteiger partial charge on any atom is 0.152 e. The molecule has 5 heteroatoms. The summed E-state index contributed by atoms with van der Waals surface area (Å²) < 4.78 is 17.3. The van der Waals surface area contributed by atoms with Gasteiger partial charge in [0.15, 0.2) is 11.1 Å². The minimum absolute atomic E-state index is 0.333. The van der Waals surface area contributed by atoms with Gasteiger partial charge in [-0.25, -0.2) is 4.21 Å². The van der Waals surface area contributed by atoms with Crippen LogP contribution in [0.3, 0.4) is 0 Å². The van der Waals surface area contributed by atoms with Crippen LogP contribution < -0.4 is 10.6 Å². The average molecular weight is 180 g/mol. The predicted octanol–water partition coefficient (Wildman–Crippen LogP) is -0.593. The molecule has 1 atom stereocenters. The molecule has 1 heterocycles. The Hall–Kier alpha value is 0.0300. The van der Waals surface area contributed by atoms with Gasteiger partial charge >= 0.3 is 0 Å². The van der Waals surface area contributed by atoms with Crippen molar-refractivity contribution in [3.05, 3.63) is 0 Å². The fourth-order valence-electron chi connectivity index (χ4n) is 0.604. The Morgan fingerprint density at radius 3 is 1.64 bits per heavy atom. The van der Waals surface area contributed by atoms with Gasteiger partial charge in [0.05, 0.1) is 0 Å². The molecule has 1 rings (SSSR count). The highest BCUT2D eigenvalue weighted by atomic mass is 32.2. The quantitative estimate of drug-likeness (QED) is 0.472. The number of piperazine rings is 1. The van der Waals surface area contributed by atoms with Crippen molar-refractivity contribution >= 4 is 11.1 Å². The van der Waals surface area contributed by atoms with E-state index in [1.807, 2.05) is 0 Å². The van der Waals surface area contributed by atoms with E-state index in [2.05, 4.69) is 10.6 Å². The molecule has 68 valence electrons. The first-order valence-electron chi connectivity index (χ1n) is 3.76. The Labute approximate surface area is 70.0 Å². The van der Waals surface area contributed by atoms with Crippen molar-refractivity contribution in [3.63, 3.8) is 0 Å². The second-order valence-electron chi connectivity index (χ2n) is 2.11. The first kappa shape index (κ1) is 11.0. The number of nitrogens with one attached hydrogen (secondary N) is 2. The Kier molecular flexibility index (Phi) is 8.15. The van der Waals surface area contributed by atoms with Crippen LogP contribution in [-0.4, -0.2) is 40.7 Å². The lowest BCUT2D eigenvalue weighted by molar-refractivity contribution is 0.534. The zero-order valence-electron chi connectivity index (χ0n) is 6.80. The van der Waals surface area contributed by atoms with Gasteiger partial charge < -0.3 is 15.2 Å². The van der Waals surface area contributed by atoms with Crippen LogP contribution in [0.4, 0.5) is 0 Å². The molecule has 0 aromatic heterocycles. The SMILES string of the molecule is C1CNCCN1.CCS(=O)O. The van der Waals surface area contributed by atoms with Gasteiger partial charge in [-0.05, 0) is 0 Å². The zero-order valence-corrected chi connectivity index (χ0v) is 7.62. The number of rotatable bonds is 1. The molecule has 3 N–H and O–H groups in total. The molecule has 0 spiro atoms. The van der Waals surface area contributed by atoms with Crippen LogP contribution >= 0.6 is 0 Å². The third-order valence-electron chi connectivity index (χ3n) is 1.20. The van der Waals surface area contributed by atoms with E-state index < -0.39 is 11.1 Å². The first-order chi connectivity index (χ1) is 5.27. The van der Waals surface area contributed by atoms with Gasteiger partial charge in [0.1, 0.15) is 0 Å². The monoisotopic (exact) mass is 180 g/mol. The molecule has 0 aromatic carbocycles. The Bertz CT molecular complexity index is 95.2. The standard InChI is InChI=1S/C4H10N2.C2H6O2S/c1-2-6-4-3-5-1;1-2-5(3)4/h5-6H,1-4H2;2H2,1H3,(H,3,4). The van der Waals surface area contributed by atoms with Crippen molar-refractivity contribution in [3.8, 4) is 0 Å². The van der Waals surface area contributed by atoms with Crippen LogP contribution in [0.5, 0.6) is 0 Å². The molecule has 1 aliphatic heterocycles. The van der Waals surface area contributed by atoms with Gasteiger partial charge in [0.2, 0.25) is 0 Å². The molecule has 4 nitrogen and oxygen atoms in total. The summed E-state index contributed by atoms with van der Waals surface area (Å²) in [5, 5.41) is 6.44. The molecule has 1 aliphatic rings. The van der Waals surface area contributed by atoms with E-state index >= 15 is 0 Å². The van der Waals surface area contributed by atoms with Gasteiger partial charge in [0.25, 0.3) is 0 Å². The van der Waals surface area contributed by atoms with Gasteiger partial charge in [-0.3, -0.25) is 0 Å². The summed E-state index contributed by atoms with van der Waals surface area (Å²) in [5.74, 6) is 0.333. The summed E-state index contributed by atoms with van der Waals surface area (Å²) in [6.45, 7) is 6.20. The first-order valence-corrected chi connectivity index (χ1v) is 5.04. The largest absolute Gasteiger partial charge is 0.314 e. The fourth-order valence-corrected chi connectivity index (χ4v) is 0.604. The van der Waals surface area contributed by atoms with Crippen molar-refractivity contribution in [2.45, 2.75) is 6.92 Å². The van der Waals surface area contributed by atoms with Crippen LogP contribution in [0.25, 0.3) is 0 Å². The summed E-state index contributed by atoms with van der Waals surface area (Å²) in [6.07, 6.45) is 0. The molecule has 1 unspecified atom stereocenters. The molecule has 0 aromatic rings. The lowest BCUT2D eigenvalue weighted by Gasteiger charge is -2.11. The molecular weight excluding hydrogens is 164 g/mol. The molecule has 0 bridgehead atoms. The third kappa shape index (κ3) is 10.0. The molecule has 0 saturated carbocycles. The van der Waals surface area contributed by atoms with Crippen molar-refractivity contribution < 1.29 is 8.76 Å². The van der Waals surface area contributed by atoms with E-state index in [1.165, 1.54) is 0 Å². The summed E-state index contributed by atoms with van der Waals surface area (Å²) in [6, 6.07) is 0. The van der Waals surface area contributed by atoms with E-state index in [1.54, 1.807) is 6.92 Å². The minimum atomic E-state index is -1.57. The Morgan fingerprint density at radius 1 is 1.27 bits per heavy atom. The normalized spacial score (nSPS) is 19.8. The van der Waals surface area contributed by atoms with Gasteiger partial charge in [0, 0.05) is 31.9 Å². The van der Waals surface area contributed by atoms with E-state index in [0.29, 0.717) is 5.75 Å². The van der Waals surface area contributed by atoms with E-state index in [-0.39, 0.29) is 0 Å². The van der Waals surface area contributed by atoms with Gasteiger partial charge in [-0.2, -0.15) is 0 Å². The van der Waals surface area contributed by atoms with Crippen molar-refractivity contribution in [2.75, 3.05) is 31.9 Å². The molecular formula is C6H16N2O2S. The lowest BCUT2D eigenvalue weighted by Crippen LogP contribution is -2.39. The molecule has 0 amide bonds. The van der Waals surface area contributed by atoms with Crippen LogP contribution in [0.2, 0.25) is 0 Å². The highest BCUT2D eigenvalue weighted by Gasteiger charge is 1.91. The fraction of sp³-hybridized carbons (Fsp3) is 1.00. The highest BCUT2D eigenvalue weighted by Crippen LogP contribution is 1.65. The van der Waals surface area contributed by atoms with Crippen LogP contribution in [-0.2, 0) is 11.1 Å². The van der Waals surface area contributed by atoms with Crippen LogP contribution in [0.15, 0.2) is 0 Å². The summed E-state index contributed by atoms with van der Waals surface area (Å²) >= 11 is -1.57. The molecule has 11 heavy (non-hydrogen) atoms. The average Bonchev–Trinajstić information content (AvgIpc) is 2.09. The maximum absolute atomic E-state index is 9.48. The summed E-state index contributed by atoms with van der Waals surface area (Å²) in [5.41, 5.74) is 0. The van der Waals surface area contributed by atoms with E-state index in [0.717, 1.165) is 26.2 Å². The topological polar surface area (TPSA) is 61.4 Å². The highest BCUT2D eigenvalue weighted by molar-refractivity contribution is 7.79. The molecule has 0 aliphatic carbocycles. The third-order valence-corrected chi connectivity index (χ3v) is 1.70. The Morgan fingerprint density at radius 2 is 1.55 bits per heavy atom. The van der Waals surface area contributed by atoms with Crippen LogP contribution in [0.1, 0.15) is 6.92 Å². The van der Waals surface area contributed by atoms with Gasteiger partial charge in [-0.15, -0.1) is 0 Å². The van der Waals surface area contributed by atoms with E-state index in [9.17, 15) is 4.21 Å². The Balaban J connectivity index is 0.000000187. The predicted molar refractivity (Wildman–Crippen MR) is 47.1 cm³/mol. The van der Waals surface area contributed by atoms with Crippen molar-refractivity contribution in [1.29, 1.82) is 0 Å². The minimum Gasteiger partial charge on any atom is -0.314 e. The second kappa shape index (κ2) is 8.13. The summed E-state index contributed by atoms with van der Waals surface area (Å²) in [4.78, 5) is 0. The molecule has 1 fully saturated rings. The van der Waals surface area contributed by atoms with Crippen LogP contribution in [0, 0.1) is 0 Å². The maximum atomic E-state index is 9.48. The van der Waals surface area contributed by atoms with Gasteiger partial charge in [-0.1, -0.05) is 6.92 Å². The zero-order chi connectivity index (χ0) is 8.53. The smallest absolute Gasteiger partial charge is 0.152 e. The molecule has 0 radical (unpaired) electrons. The number of hydrogen-bond donors (Lipinski definition) is 3. The second-order valence-corrected chi connectivity index (χ2v) is 3.33. The van der Waals surface area contributed by atoms with Crippen molar-refractivity contribution in [2.24, 2.45) is 0 Å². The van der Waals surface area contributed by atoms with E-state index in [4.69, 9.17) is 4.55 Å².